The highest BCUT2D eigenvalue weighted by atomic mass is 32.2. The Morgan fingerprint density at radius 3 is 2.36 bits per heavy atom. The molecule has 4 nitrogen and oxygen atoms in total. The van der Waals surface area contributed by atoms with Crippen molar-refractivity contribution < 1.29 is 13.2 Å². The molecule has 0 saturated carbocycles. The first-order chi connectivity index (χ1) is 10.6. The maximum atomic E-state index is 13.1. The Morgan fingerprint density at radius 2 is 1.68 bits per heavy atom. The van der Waals surface area contributed by atoms with Crippen LogP contribution in [0, 0.1) is 0 Å². The normalized spacial score (nSPS) is 20.3. The van der Waals surface area contributed by atoms with Crippen molar-refractivity contribution in [3.8, 4) is 0 Å². The minimum Gasteiger partial charge on any atom is -0.311 e. The molecule has 1 aliphatic heterocycles. The zero-order chi connectivity index (χ0) is 15.7. The van der Waals surface area contributed by atoms with E-state index in [-0.39, 0.29) is 17.2 Å². The third kappa shape index (κ3) is 2.31. The van der Waals surface area contributed by atoms with Crippen LogP contribution in [0.3, 0.4) is 0 Å². The van der Waals surface area contributed by atoms with Gasteiger partial charge in [-0.1, -0.05) is 42.5 Å². The van der Waals surface area contributed by atoms with Gasteiger partial charge in [0.05, 0.1) is 15.8 Å². The smallest absolute Gasteiger partial charge is 0.228 e. The maximum Gasteiger partial charge on any atom is 0.228 e. The van der Waals surface area contributed by atoms with Crippen LogP contribution in [0.25, 0.3) is 0 Å². The largest absolute Gasteiger partial charge is 0.311 e. The first-order valence-corrected chi connectivity index (χ1v) is 8.78. The number of hydrogen-bond donors (Lipinski definition) is 0. The molecule has 2 aromatic carbocycles. The Balaban J connectivity index is 2.24. The quantitative estimate of drug-likeness (QED) is 0.856. The monoisotopic (exact) mass is 315 g/mol. The molecule has 0 bridgehead atoms. The van der Waals surface area contributed by atoms with Crippen LogP contribution in [0.15, 0.2) is 59.5 Å². The summed E-state index contributed by atoms with van der Waals surface area (Å²) in [5.41, 5.74) is 1.14. The minimum absolute atomic E-state index is 0.0329. The van der Waals surface area contributed by atoms with E-state index in [1.165, 1.54) is 0 Å². The molecule has 1 aliphatic rings. The Kier molecular flexibility index (Phi) is 3.74. The van der Waals surface area contributed by atoms with Crippen molar-refractivity contribution in [1.82, 2.24) is 0 Å². The van der Waals surface area contributed by atoms with Crippen molar-refractivity contribution in [3.05, 3.63) is 60.2 Å². The average Bonchev–Trinajstić information content (AvgIpc) is 2.62. The number of sulfone groups is 1. The molecule has 1 atom stereocenters. The van der Waals surface area contributed by atoms with Crippen LogP contribution in [-0.4, -0.2) is 20.9 Å². The standard InChI is InChI=1S/C17H17NO3S/c1-2-18-14-10-6-7-11-15(14)22(20,21)16(12-17(18)19)13-8-4-3-5-9-13/h3-11,16H,2,12H2,1H3. The highest BCUT2D eigenvalue weighted by Gasteiger charge is 2.38. The van der Waals surface area contributed by atoms with E-state index in [0.717, 1.165) is 0 Å². The second-order valence-electron chi connectivity index (χ2n) is 5.25. The highest BCUT2D eigenvalue weighted by Crippen LogP contribution is 2.40. The summed E-state index contributed by atoms with van der Waals surface area (Å²) in [5, 5.41) is -0.834. The molecule has 2 aromatic rings. The lowest BCUT2D eigenvalue weighted by molar-refractivity contribution is -0.118. The third-order valence-corrected chi connectivity index (χ3v) is 6.13. The Morgan fingerprint density at radius 1 is 1.05 bits per heavy atom. The van der Waals surface area contributed by atoms with Crippen molar-refractivity contribution in [2.75, 3.05) is 11.4 Å². The fraction of sp³-hybridized carbons (Fsp3) is 0.235. The molecular formula is C17H17NO3S. The van der Waals surface area contributed by atoms with Crippen molar-refractivity contribution in [1.29, 1.82) is 0 Å². The first-order valence-electron chi connectivity index (χ1n) is 7.24. The van der Waals surface area contributed by atoms with E-state index in [1.54, 1.807) is 53.4 Å². The van der Waals surface area contributed by atoms with Crippen molar-refractivity contribution >= 4 is 21.4 Å². The molecular weight excluding hydrogens is 298 g/mol. The summed E-state index contributed by atoms with van der Waals surface area (Å²) in [5.74, 6) is -0.162. The number of anilines is 1. The van der Waals surface area contributed by atoms with Gasteiger partial charge < -0.3 is 4.90 Å². The van der Waals surface area contributed by atoms with Gasteiger partial charge in [0, 0.05) is 13.0 Å². The SMILES string of the molecule is CCN1C(=O)CC(c2ccccc2)S(=O)(=O)c2ccccc21. The van der Waals surface area contributed by atoms with Gasteiger partial charge in [-0.25, -0.2) is 8.42 Å². The molecule has 0 radical (unpaired) electrons. The molecule has 0 aromatic heterocycles. The number of benzene rings is 2. The van der Waals surface area contributed by atoms with Crippen LogP contribution in [0.2, 0.25) is 0 Å². The highest BCUT2D eigenvalue weighted by molar-refractivity contribution is 7.92. The van der Waals surface area contributed by atoms with Gasteiger partial charge in [0.15, 0.2) is 9.84 Å². The van der Waals surface area contributed by atoms with Crippen molar-refractivity contribution in [2.45, 2.75) is 23.5 Å². The van der Waals surface area contributed by atoms with Gasteiger partial charge in [0.1, 0.15) is 0 Å². The molecule has 0 aliphatic carbocycles. The number of nitrogens with zero attached hydrogens (tertiary/aromatic N) is 1. The number of fused-ring (bicyclic) bond motifs is 1. The number of para-hydroxylation sites is 1. The molecule has 1 unspecified atom stereocenters. The van der Waals surface area contributed by atoms with E-state index in [0.29, 0.717) is 17.8 Å². The fourth-order valence-electron chi connectivity index (χ4n) is 2.90. The van der Waals surface area contributed by atoms with Crippen molar-refractivity contribution in [3.63, 3.8) is 0 Å². The molecule has 0 N–H and O–H groups in total. The predicted octanol–water partition coefficient (Wildman–Crippen LogP) is 2.96. The average molecular weight is 315 g/mol. The summed E-state index contributed by atoms with van der Waals surface area (Å²) in [6, 6.07) is 15.7. The molecule has 1 heterocycles. The van der Waals surface area contributed by atoms with Crippen LogP contribution < -0.4 is 4.90 Å². The van der Waals surface area contributed by atoms with Crippen LogP contribution in [0.5, 0.6) is 0 Å². The van der Waals surface area contributed by atoms with E-state index in [9.17, 15) is 13.2 Å². The Hall–Kier alpha value is -2.14. The summed E-state index contributed by atoms with van der Waals surface area (Å²) >= 11 is 0. The zero-order valence-corrected chi connectivity index (χ0v) is 13.1. The molecule has 5 heteroatoms. The van der Waals surface area contributed by atoms with Crippen LogP contribution in [0.1, 0.15) is 24.2 Å². The molecule has 0 spiro atoms. The van der Waals surface area contributed by atoms with E-state index in [1.807, 2.05) is 13.0 Å². The van der Waals surface area contributed by atoms with E-state index in [2.05, 4.69) is 0 Å². The zero-order valence-electron chi connectivity index (χ0n) is 12.3. The lowest BCUT2D eigenvalue weighted by Crippen LogP contribution is -2.30. The fourth-order valence-corrected chi connectivity index (χ4v) is 4.82. The molecule has 0 fully saturated rings. The molecule has 3 rings (SSSR count). The number of carbonyl (C=O) groups excluding carboxylic acids is 1. The first kappa shape index (κ1) is 14.8. The predicted molar refractivity (Wildman–Crippen MR) is 85.5 cm³/mol. The summed E-state index contributed by atoms with van der Waals surface area (Å²) in [7, 11) is -3.61. The van der Waals surface area contributed by atoms with E-state index < -0.39 is 15.1 Å². The van der Waals surface area contributed by atoms with Crippen LogP contribution >= 0.6 is 0 Å². The Labute approximate surface area is 130 Å². The minimum atomic E-state index is -3.61. The molecule has 0 saturated heterocycles. The van der Waals surface area contributed by atoms with E-state index >= 15 is 0 Å². The van der Waals surface area contributed by atoms with Crippen LogP contribution in [-0.2, 0) is 14.6 Å². The van der Waals surface area contributed by atoms with Gasteiger partial charge in [0.2, 0.25) is 5.91 Å². The molecule has 22 heavy (non-hydrogen) atoms. The van der Waals surface area contributed by atoms with Gasteiger partial charge in [-0.15, -0.1) is 0 Å². The Bertz CT molecular complexity index is 800. The maximum absolute atomic E-state index is 13.1. The lowest BCUT2D eigenvalue weighted by atomic mass is 10.1. The van der Waals surface area contributed by atoms with Gasteiger partial charge in [-0.2, -0.15) is 0 Å². The van der Waals surface area contributed by atoms with Crippen LogP contribution in [0.4, 0.5) is 5.69 Å². The molecule has 1 amide bonds. The lowest BCUT2D eigenvalue weighted by Gasteiger charge is -2.20. The topological polar surface area (TPSA) is 54.5 Å². The summed E-state index contributed by atoms with van der Waals surface area (Å²) < 4.78 is 26.1. The van der Waals surface area contributed by atoms with Gasteiger partial charge in [-0.05, 0) is 24.6 Å². The van der Waals surface area contributed by atoms with Gasteiger partial charge in [0.25, 0.3) is 0 Å². The van der Waals surface area contributed by atoms with Crippen molar-refractivity contribution in [2.24, 2.45) is 0 Å². The third-order valence-electron chi connectivity index (χ3n) is 3.99. The number of hydrogen-bond acceptors (Lipinski definition) is 3. The molecule has 114 valence electrons. The summed E-state index contributed by atoms with van der Waals surface area (Å²) in [6.07, 6.45) is -0.0329. The summed E-state index contributed by atoms with van der Waals surface area (Å²) in [6.45, 7) is 2.30. The number of amides is 1. The number of carbonyl (C=O) groups is 1. The van der Waals surface area contributed by atoms with E-state index in [4.69, 9.17) is 0 Å². The number of rotatable bonds is 2. The second kappa shape index (κ2) is 5.57. The second-order valence-corrected chi connectivity index (χ2v) is 7.35. The van der Waals surface area contributed by atoms with Gasteiger partial charge in [-0.3, -0.25) is 4.79 Å². The van der Waals surface area contributed by atoms with Gasteiger partial charge >= 0.3 is 0 Å². The summed E-state index contributed by atoms with van der Waals surface area (Å²) in [4.78, 5) is 14.3.